The third-order valence-corrected chi connectivity index (χ3v) is 4.61. The first-order chi connectivity index (χ1) is 9.37. The fourth-order valence-corrected chi connectivity index (χ4v) is 2.76. The van der Waals surface area contributed by atoms with E-state index in [1.807, 2.05) is 19.1 Å². The second-order valence-electron chi connectivity index (χ2n) is 4.50. The predicted molar refractivity (Wildman–Crippen MR) is 75.1 cm³/mol. The van der Waals surface area contributed by atoms with Crippen molar-refractivity contribution in [2.75, 3.05) is 14.1 Å². The molecule has 104 valence electrons. The maximum atomic E-state index is 12.3. The molecular formula is C13H14N4O2S. The Balaban J connectivity index is 2.71. The highest BCUT2D eigenvalue weighted by Crippen LogP contribution is 2.23. The third-order valence-electron chi connectivity index (χ3n) is 2.86. The predicted octanol–water partition coefficient (Wildman–Crippen LogP) is 1.38. The van der Waals surface area contributed by atoms with Gasteiger partial charge in [0.2, 0.25) is 5.82 Å². The third kappa shape index (κ3) is 2.31. The summed E-state index contributed by atoms with van der Waals surface area (Å²) in [5.41, 5.74) is 2.13. The van der Waals surface area contributed by atoms with E-state index in [4.69, 9.17) is 5.26 Å². The van der Waals surface area contributed by atoms with Gasteiger partial charge in [-0.3, -0.25) is 0 Å². The molecule has 0 bridgehead atoms. The molecule has 1 heterocycles. The number of aromatic nitrogens is 2. The topological polar surface area (TPSA) is 79.0 Å². The van der Waals surface area contributed by atoms with Crippen LogP contribution in [0.25, 0.3) is 11.3 Å². The molecule has 0 aliphatic carbocycles. The molecule has 1 aromatic carbocycles. The molecule has 20 heavy (non-hydrogen) atoms. The number of nitrogens with zero attached hydrogens (tertiary/aromatic N) is 4. The van der Waals surface area contributed by atoms with Crippen molar-refractivity contribution in [1.82, 2.24) is 13.3 Å². The first-order valence-corrected chi connectivity index (χ1v) is 7.25. The van der Waals surface area contributed by atoms with Gasteiger partial charge >= 0.3 is 10.2 Å². The van der Waals surface area contributed by atoms with E-state index in [0.29, 0.717) is 11.3 Å². The lowest BCUT2D eigenvalue weighted by Gasteiger charge is -2.15. The Morgan fingerprint density at radius 1 is 1.25 bits per heavy atom. The first-order valence-electron chi connectivity index (χ1n) is 5.86. The van der Waals surface area contributed by atoms with Crippen LogP contribution >= 0.6 is 0 Å². The summed E-state index contributed by atoms with van der Waals surface area (Å²) in [7, 11) is -0.976. The van der Waals surface area contributed by atoms with Gasteiger partial charge in [-0.2, -0.15) is 22.0 Å². The van der Waals surface area contributed by atoms with Crippen molar-refractivity contribution in [1.29, 1.82) is 5.26 Å². The SMILES string of the molecule is Cc1ccc(-c2cnc(C#N)n2S(=O)(=O)N(C)C)cc1. The summed E-state index contributed by atoms with van der Waals surface area (Å²) >= 11 is 0. The van der Waals surface area contributed by atoms with Crippen molar-refractivity contribution in [3.05, 3.63) is 41.9 Å². The van der Waals surface area contributed by atoms with Crippen LogP contribution < -0.4 is 0 Å². The lowest BCUT2D eigenvalue weighted by atomic mass is 10.1. The number of nitriles is 1. The molecule has 0 unspecified atom stereocenters. The van der Waals surface area contributed by atoms with E-state index in [1.165, 1.54) is 20.3 Å². The summed E-state index contributed by atoms with van der Waals surface area (Å²) in [6.45, 7) is 1.94. The molecular weight excluding hydrogens is 276 g/mol. The van der Waals surface area contributed by atoms with Crippen LogP contribution in [-0.2, 0) is 10.2 Å². The Hall–Kier alpha value is -2.17. The summed E-state index contributed by atoms with van der Waals surface area (Å²) in [6, 6.07) is 9.16. The molecule has 0 N–H and O–H groups in total. The van der Waals surface area contributed by atoms with Crippen LogP contribution in [0.3, 0.4) is 0 Å². The molecule has 2 rings (SSSR count). The van der Waals surface area contributed by atoms with Gasteiger partial charge in [-0.25, -0.2) is 4.98 Å². The van der Waals surface area contributed by atoms with Crippen molar-refractivity contribution >= 4 is 10.2 Å². The Morgan fingerprint density at radius 3 is 2.35 bits per heavy atom. The molecule has 1 aromatic heterocycles. The van der Waals surface area contributed by atoms with Gasteiger partial charge in [0, 0.05) is 19.7 Å². The van der Waals surface area contributed by atoms with E-state index in [-0.39, 0.29) is 5.82 Å². The highest BCUT2D eigenvalue weighted by molar-refractivity contribution is 7.87. The standard InChI is InChI=1S/C13H14N4O2S/c1-10-4-6-11(7-5-10)12-9-15-13(8-14)17(12)20(18,19)16(2)3/h4-7,9H,1-3H3. The summed E-state index contributed by atoms with van der Waals surface area (Å²) < 4.78 is 26.7. The van der Waals surface area contributed by atoms with Gasteiger partial charge in [-0.05, 0) is 6.92 Å². The van der Waals surface area contributed by atoms with E-state index in [0.717, 1.165) is 13.8 Å². The fraction of sp³-hybridized carbons (Fsp3) is 0.231. The molecule has 0 atom stereocenters. The first kappa shape index (κ1) is 14.2. The molecule has 0 fully saturated rings. The normalized spacial score (nSPS) is 11.6. The van der Waals surface area contributed by atoms with Crippen LogP contribution in [0.5, 0.6) is 0 Å². The number of imidazole rings is 1. The van der Waals surface area contributed by atoms with Crippen LogP contribution in [-0.4, -0.2) is 35.8 Å². The zero-order valence-electron chi connectivity index (χ0n) is 11.4. The van der Waals surface area contributed by atoms with E-state index in [1.54, 1.807) is 18.2 Å². The van der Waals surface area contributed by atoms with Crippen LogP contribution in [0.2, 0.25) is 0 Å². The van der Waals surface area contributed by atoms with Crippen molar-refractivity contribution in [2.24, 2.45) is 0 Å². The van der Waals surface area contributed by atoms with Crippen LogP contribution in [0.4, 0.5) is 0 Å². The summed E-state index contributed by atoms with van der Waals surface area (Å²) in [6.07, 6.45) is 1.39. The van der Waals surface area contributed by atoms with E-state index < -0.39 is 10.2 Å². The van der Waals surface area contributed by atoms with E-state index in [9.17, 15) is 8.42 Å². The fourth-order valence-electron chi connectivity index (χ4n) is 1.73. The highest BCUT2D eigenvalue weighted by atomic mass is 32.2. The number of benzene rings is 1. The van der Waals surface area contributed by atoms with Crippen molar-refractivity contribution < 1.29 is 8.42 Å². The number of hydrogen-bond donors (Lipinski definition) is 0. The zero-order valence-corrected chi connectivity index (χ0v) is 12.2. The highest BCUT2D eigenvalue weighted by Gasteiger charge is 2.25. The van der Waals surface area contributed by atoms with Gasteiger partial charge in [0.05, 0.1) is 11.9 Å². The maximum absolute atomic E-state index is 12.3. The van der Waals surface area contributed by atoms with Crippen molar-refractivity contribution in [3.63, 3.8) is 0 Å². The van der Waals surface area contributed by atoms with Crippen LogP contribution in [0.15, 0.2) is 30.5 Å². The smallest absolute Gasteiger partial charge is 0.226 e. The average molecular weight is 290 g/mol. The van der Waals surface area contributed by atoms with Gasteiger partial charge in [0.1, 0.15) is 6.07 Å². The molecule has 0 radical (unpaired) electrons. The summed E-state index contributed by atoms with van der Waals surface area (Å²) in [5, 5.41) is 9.05. The Morgan fingerprint density at radius 2 is 1.85 bits per heavy atom. The lowest BCUT2D eigenvalue weighted by molar-refractivity contribution is 0.510. The second-order valence-corrected chi connectivity index (χ2v) is 6.49. The summed E-state index contributed by atoms with van der Waals surface area (Å²) in [4.78, 5) is 3.88. The largest absolute Gasteiger partial charge is 0.309 e. The Bertz CT molecular complexity index is 768. The number of hydrogen-bond acceptors (Lipinski definition) is 4. The number of aryl methyl sites for hydroxylation is 1. The molecule has 0 aliphatic heterocycles. The number of rotatable bonds is 3. The molecule has 0 aliphatic rings. The molecule has 0 saturated heterocycles. The van der Waals surface area contributed by atoms with E-state index >= 15 is 0 Å². The zero-order chi connectivity index (χ0) is 14.9. The Kier molecular flexibility index (Phi) is 3.61. The molecule has 6 nitrogen and oxygen atoms in total. The van der Waals surface area contributed by atoms with Gasteiger partial charge < -0.3 is 0 Å². The molecule has 0 saturated carbocycles. The minimum absolute atomic E-state index is 0.158. The molecule has 0 amide bonds. The van der Waals surface area contributed by atoms with Crippen LogP contribution in [0.1, 0.15) is 11.4 Å². The quantitative estimate of drug-likeness (QED) is 0.855. The van der Waals surface area contributed by atoms with E-state index in [2.05, 4.69) is 4.98 Å². The van der Waals surface area contributed by atoms with Crippen LogP contribution in [0, 0.1) is 18.3 Å². The molecule has 2 aromatic rings. The Labute approximate surface area is 118 Å². The van der Waals surface area contributed by atoms with Gasteiger partial charge in [-0.15, -0.1) is 0 Å². The molecule has 0 spiro atoms. The van der Waals surface area contributed by atoms with Crippen molar-refractivity contribution in [3.8, 4) is 17.3 Å². The molecule has 7 heteroatoms. The van der Waals surface area contributed by atoms with Gasteiger partial charge in [0.15, 0.2) is 0 Å². The van der Waals surface area contributed by atoms with Gasteiger partial charge in [-0.1, -0.05) is 29.8 Å². The second kappa shape index (κ2) is 5.07. The minimum Gasteiger partial charge on any atom is -0.226 e. The average Bonchev–Trinajstić information content (AvgIpc) is 2.83. The monoisotopic (exact) mass is 290 g/mol. The summed E-state index contributed by atoms with van der Waals surface area (Å²) in [5.74, 6) is -0.158. The maximum Gasteiger partial charge on any atom is 0.309 e. The lowest BCUT2D eigenvalue weighted by Crippen LogP contribution is -2.30. The van der Waals surface area contributed by atoms with Crippen molar-refractivity contribution in [2.45, 2.75) is 6.92 Å². The minimum atomic E-state index is -3.80. The van der Waals surface area contributed by atoms with Gasteiger partial charge in [0.25, 0.3) is 0 Å².